The molecule has 2 saturated heterocycles. The number of nitrogens with one attached hydrogen (secondary N) is 1. The first-order chi connectivity index (χ1) is 8.67. The number of piperazine rings is 1. The molecule has 2 aliphatic rings. The fourth-order valence-electron chi connectivity index (χ4n) is 2.98. The van der Waals surface area contributed by atoms with Crippen molar-refractivity contribution in [1.29, 1.82) is 0 Å². The zero-order valence-electron chi connectivity index (χ0n) is 11.7. The van der Waals surface area contributed by atoms with Crippen molar-refractivity contribution in [2.24, 2.45) is 5.92 Å². The number of likely N-dealkylation sites (N-methyl/N-ethyl adjacent to an activating group) is 2. The van der Waals surface area contributed by atoms with E-state index in [1.54, 1.807) is 0 Å². The lowest BCUT2D eigenvalue weighted by Gasteiger charge is -2.40. The van der Waals surface area contributed by atoms with E-state index in [0.29, 0.717) is 19.3 Å². The first kappa shape index (κ1) is 13.8. The molecule has 0 aromatic heterocycles. The average molecular weight is 255 g/mol. The van der Waals surface area contributed by atoms with Crippen molar-refractivity contribution in [3.63, 3.8) is 0 Å². The summed E-state index contributed by atoms with van der Waals surface area (Å²) in [7, 11) is 1.90. The number of amides is 1. The predicted octanol–water partition coefficient (Wildman–Crippen LogP) is -0.227. The van der Waals surface area contributed by atoms with Crippen molar-refractivity contribution < 1.29 is 9.53 Å². The molecule has 5 nitrogen and oxygen atoms in total. The fraction of sp³-hybridized carbons (Fsp3) is 0.923. The summed E-state index contributed by atoms with van der Waals surface area (Å²) in [6.45, 7) is 9.34. The molecule has 0 aromatic rings. The highest BCUT2D eigenvalue weighted by Gasteiger charge is 2.37. The van der Waals surface area contributed by atoms with Gasteiger partial charge < -0.3 is 15.0 Å². The number of carbonyl (C=O) groups is 1. The van der Waals surface area contributed by atoms with E-state index < -0.39 is 0 Å². The quantitative estimate of drug-likeness (QED) is 0.757. The molecule has 5 heteroatoms. The Bertz CT molecular complexity index is 298. The van der Waals surface area contributed by atoms with Crippen LogP contribution in [-0.2, 0) is 9.53 Å². The van der Waals surface area contributed by atoms with Gasteiger partial charge in [-0.2, -0.15) is 0 Å². The zero-order valence-corrected chi connectivity index (χ0v) is 11.7. The SMILES string of the molecule is CCN1CCN(C(=O)C2COCC2NC)CC1C. The van der Waals surface area contributed by atoms with E-state index in [1.165, 1.54) is 0 Å². The van der Waals surface area contributed by atoms with E-state index >= 15 is 0 Å². The molecular formula is C13H25N3O2. The second kappa shape index (κ2) is 5.99. The molecule has 0 spiro atoms. The van der Waals surface area contributed by atoms with Gasteiger partial charge in [0.2, 0.25) is 5.91 Å². The number of hydrogen-bond donors (Lipinski definition) is 1. The third-order valence-electron chi connectivity index (χ3n) is 4.25. The van der Waals surface area contributed by atoms with Crippen molar-refractivity contribution >= 4 is 5.91 Å². The summed E-state index contributed by atoms with van der Waals surface area (Å²) in [5.41, 5.74) is 0. The summed E-state index contributed by atoms with van der Waals surface area (Å²) in [4.78, 5) is 16.9. The molecule has 0 aromatic carbocycles. The van der Waals surface area contributed by atoms with Crippen LogP contribution in [0.25, 0.3) is 0 Å². The summed E-state index contributed by atoms with van der Waals surface area (Å²) in [5, 5.41) is 3.18. The van der Waals surface area contributed by atoms with Crippen LogP contribution in [0.15, 0.2) is 0 Å². The van der Waals surface area contributed by atoms with E-state index in [1.807, 2.05) is 11.9 Å². The molecule has 2 fully saturated rings. The van der Waals surface area contributed by atoms with Crippen molar-refractivity contribution in [2.45, 2.75) is 25.9 Å². The summed E-state index contributed by atoms with van der Waals surface area (Å²) >= 11 is 0. The van der Waals surface area contributed by atoms with Crippen LogP contribution < -0.4 is 5.32 Å². The molecule has 104 valence electrons. The van der Waals surface area contributed by atoms with Gasteiger partial charge in [0.05, 0.1) is 19.1 Å². The third kappa shape index (κ3) is 2.68. The minimum absolute atomic E-state index is 0.00428. The van der Waals surface area contributed by atoms with Crippen molar-refractivity contribution in [3.05, 3.63) is 0 Å². The molecule has 0 aliphatic carbocycles. The van der Waals surface area contributed by atoms with Gasteiger partial charge in [0.15, 0.2) is 0 Å². The molecule has 18 heavy (non-hydrogen) atoms. The molecule has 0 bridgehead atoms. The largest absolute Gasteiger partial charge is 0.379 e. The summed E-state index contributed by atoms with van der Waals surface area (Å²) < 4.78 is 5.42. The maximum atomic E-state index is 12.5. The van der Waals surface area contributed by atoms with E-state index in [9.17, 15) is 4.79 Å². The average Bonchev–Trinajstić information content (AvgIpc) is 2.86. The van der Waals surface area contributed by atoms with E-state index in [0.717, 1.165) is 26.2 Å². The van der Waals surface area contributed by atoms with Crippen LogP contribution in [0, 0.1) is 5.92 Å². The predicted molar refractivity (Wildman–Crippen MR) is 70.4 cm³/mol. The number of ether oxygens (including phenoxy) is 1. The Kier molecular flexibility index (Phi) is 4.59. The second-order valence-corrected chi connectivity index (χ2v) is 5.30. The Morgan fingerprint density at radius 1 is 1.39 bits per heavy atom. The van der Waals surface area contributed by atoms with E-state index in [-0.39, 0.29) is 17.9 Å². The van der Waals surface area contributed by atoms with Crippen molar-refractivity contribution in [1.82, 2.24) is 15.1 Å². The van der Waals surface area contributed by atoms with Crippen molar-refractivity contribution in [3.8, 4) is 0 Å². The Hall–Kier alpha value is -0.650. The molecular weight excluding hydrogens is 230 g/mol. The molecule has 0 saturated carbocycles. The lowest BCUT2D eigenvalue weighted by molar-refractivity contribution is -0.138. The molecule has 1 amide bonds. The Labute approximate surface area is 109 Å². The van der Waals surface area contributed by atoms with Gasteiger partial charge >= 0.3 is 0 Å². The molecule has 3 atom stereocenters. The minimum atomic E-state index is -0.00428. The Morgan fingerprint density at radius 2 is 2.17 bits per heavy atom. The molecule has 2 aliphatic heterocycles. The van der Waals surface area contributed by atoms with Gasteiger partial charge in [-0.15, -0.1) is 0 Å². The maximum absolute atomic E-state index is 12.5. The normalized spacial score (nSPS) is 33.9. The van der Waals surface area contributed by atoms with Gasteiger partial charge in [-0.3, -0.25) is 9.69 Å². The van der Waals surface area contributed by atoms with Crippen molar-refractivity contribution in [2.75, 3.05) is 46.4 Å². The molecule has 1 N–H and O–H groups in total. The van der Waals surface area contributed by atoms with Crippen LogP contribution in [0.1, 0.15) is 13.8 Å². The van der Waals surface area contributed by atoms with Gasteiger partial charge in [0.1, 0.15) is 0 Å². The number of nitrogens with zero attached hydrogens (tertiary/aromatic N) is 2. The van der Waals surface area contributed by atoms with Crippen LogP contribution in [0.4, 0.5) is 0 Å². The molecule has 2 rings (SSSR count). The topological polar surface area (TPSA) is 44.8 Å². The number of carbonyl (C=O) groups excluding carboxylic acids is 1. The summed E-state index contributed by atoms with van der Waals surface area (Å²) in [5.74, 6) is 0.254. The lowest BCUT2D eigenvalue weighted by Crippen LogP contribution is -2.56. The minimum Gasteiger partial charge on any atom is -0.379 e. The van der Waals surface area contributed by atoms with Crippen LogP contribution in [0.3, 0.4) is 0 Å². The first-order valence-corrected chi connectivity index (χ1v) is 6.95. The Balaban J connectivity index is 1.94. The van der Waals surface area contributed by atoms with Gasteiger partial charge in [-0.25, -0.2) is 0 Å². The fourth-order valence-corrected chi connectivity index (χ4v) is 2.98. The molecule has 2 heterocycles. The van der Waals surface area contributed by atoms with Crippen LogP contribution in [-0.4, -0.2) is 74.2 Å². The maximum Gasteiger partial charge on any atom is 0.229 e. The van der Waals surface area contributed by atoms with Gasteiger partial charge in [-0.05, 0) is 20.5 Å². The standard InChI is InChI=1S/C13H25N3O2/c1-4-15-5-6-16(7-10(15)2)13(17)11-8-18-9-12(11)14-3/h10-12,14H,4-9H2,1-3H3. The smallest absolute Gasteiger partial charge is 0.229 e. The number of rotatable bonds is 3. The van der Waals surface area contributed by atoms with Gasteiger partial charge in [-0.1, -0.05) is 6.92 Å². The zero-order chi connectivity index (χ0) is 13.1. The highest BCUT2D eigenvalue weighted by atomic mass is 16.5. The molecule has 0 radical (unpaired) electrons. The number of hydrogen-bond acceptors (Lipinski definition) is 4. The molecule has 3 unspecified atom stereocenters. The Morgan fingerprint density at radius 3 is 2.78 bits per heavy atom. The monoisotopic (exact) mass is 255 g/mol. The summed E-state index contributed by atoms with van der Waals surface area (Å²) in [6, 6.07) is 0.639. The van der Waals surface area contributed by atoms with Crippen LogP contribution >= 0.6 is 0 Å². The lowest BCUT2D eigenvalue weighted by atomic mass is 10.0. The highest BCUT2D eigenvalue weighted by Crippen LogP contribution is 2.19. The van der Waals surface area contributed by atoms with E-state index in [2.05, 4.69) is 24.1 Å². The summed E-state index contributed by atoms with van der Waals surface area (Å²) in [6.07, 6.45) is 0. The van der Waals surface area contributed by atoms with Crippen LogP contribution in [0.5, 0.6) is 0 Å². The van der Waals surface area contributed by atoms with E-state index in [4.69, 9.17) is 4.74 Å². The van der Waals surface area contributed by atoms with Gasteiger partial charge in [0.25, 0.3) is 0 Å². The van der Waals surface area contributed by atoms with Crippen LogP contribution in [0.2, 0.25) is 0 Å². The first-order valence-electron chi connectivity index (χ1n) is 6.95. The van der Waals surface area contributed by atoms with Gasteiger partial charge in [0, 0.05) is 31.7 Å². The second-order valence-electron chi connectivity index (χ2n) is 5.30. The highest BCUT2D eigenvalue weighted by molar-refractivity contribution is 5.80. The third-order valence-corrected chi connectivity index (χ3v) is 4.25.